The van der Waals surface area contributed by atoms with Gasteiger partial charge in [0.05, 0.1) is 17.9 Å². The average molecular weight is 476 g/mol. The molecule has 0 radical (unpaired) electrons. The van der Waals surface area contributed by atoms with Crippen molar-refractivity contribution in [2.24, 2.45) is 0 Å². The zero-order valence-electron chi connectivity index (χ0n) is 19.0. The first-order chi connectivity index (χ1) is 16.8. The Morgan fingerprint density at radius 1 is 1.06 bits per heavy atom. The minimum Gasteiger partial charge on any atom is -0.446 e. The molecular weight excluding hydrogens is 454 g/mol. The molecule has 10 heteroatoms. The number of cyclic esters (lactones) is 1. The molecule has 0 saturated carbocycles. The molecular formula is C25H22F2N6O2. The van der Waals surface area contributed by atoms with Crippen molar-refractivity contribution in [1.82, 2.24) is 19.7 Å². The summed E-state index contributed by atoms with van der Waals surface area (Å²) >= 11 is 0. The fourth-order valence-electron chi connectivity index (χ4n) is 4.02. The summed E-state index contributed by atoms with van der Waals surface area (Å²) in [5.41, 5.74) is 1.45. The van der Waals surface area contributed by atoms with Gasteiger partial charge in [-0.1, -0.05) is 12.1 Å². The van der Waals surface area contributed by atoms with Crippen LogP contribution in [0.2, 0.25) is 0 Å². The van der Waals surface area contributed by atoms with Crippen molar-refractivity contribution in [1.29, 1.82) is 0 Å². The summed E-state index contributed by atoms with van der Waals surface area (Å²) in [7, 11) is 0. The molecule has 1 N–H and O–H groups in total. The third-order valence-corrected chi connectivity index (χ3v) is 6.03. The van der Waals surface area contributed by atoms with E-state index in [-0.39, 0.29) is 24.3 Å². The number of carbonyl (C=O) groups excluding carboxylic acids is 1. The van der Waals surface area contributed by atoms with Crippen LogP contribution in [0.25, 0.3) is 5.69 Å². The standard InChI is InChI=1S/C25H22F2N6O2/c1-16(17-13-29-32(14-17)21-9-7-20(27)8-10-21)30-23-28-12-11-22(31-23)33-24(34)35-15-25(33,2)18-3-5-19(26)6-4-18/h3-14,16H,15H2,1-2H3,(H,28,30,31)/t16-,25+/m1/s1. The molecule has 0 bridgehead atoms. The Hall–Kier alpha value is -4.34. The Kier molecular flexibility index (Phi) is 5.64. The van der Waals surface area contributed by atoms with Crippen LogP contribution in [0, 0.1) is 11.6 Å². The summed E-state index contributed by atoms with van der Waals surface area (Å²) in [6.45, 7) is 3.87. The number of amides is 1. The Morgan fingerprint density at radius 3 is 2.46 bits per heavy atom. The predicted molar refractivity (Wildman–Crippen MR) is 125 cm³/mol. The van der Waals surface area contributed by atoms with Gasteiger partial charge in [-0.2, -0.15) is 10.1 Å². The van der Waals surface area contributed by atoms with Crippen LogP contribution in [-0.4, -0.2) is 32.4 Å². The molecule has 0 aliphatic carbocycles. The Balaban J connectivity index is 1.37. The maximum atomic E-state index is 13.5. The smallest absolute Gasteiger partial charge is 0.416 e. The minimum absolute atomic E-state index is 0.100. The van der Waals surface area contributed by atoms with Crippen LogP contribution in [0.3, 0.4) is 0 Å². The summed E-state index contributed by atoms with van der Waals surface area (Å²) in [4.78, 5) is 22.9. The van der Waals surface area contributed by atoms with E-state index in [1.807, 2.05) is 20.0 Å². The van der Waals surface area contributed by atoms with Crippen molar-refractivity contribution >= 4 is 17.9 Å². The highest BCUT2D eigenvalue weighted by Crippen LogP contribution is 2.38. The Morgan fingerprint density at radius 2 is 1.74 bits per heavy atom. The highest BCUT2D eigenvalue weighted by molar-refractivity contribution is 5.90. The topological polar surface area (TPSA) is 85.2 Å². The van der Waals surface area contributed by atoms with Gasteiger partial charge in [0.2, 0.25) is 5.95 Å². The molecule has 1 aliphatic heterocycles. The molecule has 1 amide bonds. The number of nitrogens with zero attached hydrogens (tertiary/aromatic N) is 5. The van der Waals surface area contributed by atoms with Gasteiger partial charge in [-0.15, -0.1) is 0 Å². The summed E-state index contributed by atoms with van der Waals surface area (Å²) < 4.78 is 33.7. The number of ether oxygens (including phenoxy) is 1. The van der Waals surface area contributed by atoms with Crippen LogP contribution in [0.15, 0.2) is 73.2 Å². The average Bonchev–Trinajstić information content (AvgIpc) is 3.46. The van der Waals surface area contributed by atoms with E-state index < -0.39 is 11.6 Å². The Labute approximate surface area is 200 Å². The highest BCUT2D eigenvalue weighted by Gasteiger charge is 2.47. The van der Waals surface area contributed by atoms with Crippen molar-refractivity contribution in [3.63, 3.8) is 0 Å². The van der Waals surface area contributed by atoms with Gasteiger partial charge in [-0.3, -0.25) is 0 Å². The third-order valence-electron chi connectivity index (χ3n) is 6.03. The Bertz CT molecular complexity index is 1360. The highest BCUT2D eigenvalue weighted by atomic mass is 19.1. The number of benzene rings is 2. The lowest BCUT2D eigenvalue weighted by Gasteiger charge is -2.31. The quantitative estimate of drug-likeness (QED) is 0.422. The summed E-state index contributed by atoms with van der Waals surface area (Å²) in [6.07, 6.45) is 4.54. The second kappa shape index (κ2) is 8.79. The zero-order chi connectivity index (χ0) is 24.6. The van der Waals surface area contributed by atoms with E-state index in [9.17, 15) is 13.6 Å². The van der Waals surface area contributed by atoms with Crippen LogP contribution < -0.4 is 10.2 Å². The van der Waals surface area contributed by atoms with Crippen molar-refractivity contribution in [3.05, 3.63) is 95.9 Å². The van der Waals surface area contributed by atoms with Crippen molar-refractivity contribution < 1.29 is 18.3 Å². The summed E-state index contributed by atoms with van der Waals surface area (Å²) in [6, 6.07) is 13.4. The van der Waals surface area contributed by atoms with Crippen LogP contribution in [0.4, 0.5) is 25.3 Å². The number of anilines is 2. The van der Waals surface area contributed by atoms with Crippen LogP contribution in [-0.2, 0) is 10.3 Å². The molecule has 2 aromatic heterocycles. The van der Waals surface area contributed by atoms with E-state index in [0.29, 0.717) is 11.8 Å². The van der Waals surface area contributed by atoms with E-state index >= 15 is 0 Å². The second-order valence-electron chi connectivity index (χ2n) is 8.47. The van der Waals surface area contributed by atoms with E-state index in [4.69, 9.17) is 4.74 Å². The first-order valence-corrected chi connectivity index (χ1v) is 11.0. The van der Waals surface area contributed by atoms with Crippen LogP contribution in [0.1, 0.15) is 31.0 Å². The van der Waals surface area contributed by atoms with Gasteiger partial charge in [0.15, 0.2) is 0 Å². The van der Waals surface area contributed by atoms with Gasteiger partial charge in [0.25, 0.3) is 0 Å². The number of rotatable bonds is 6. The van der Waals surface area contributed by atoms with Gasteiger partial charge >= 0.3 is 6.09 Å². The molecule has 1 aliphatic rings. The lowest BCUT2D eigenvalue weighted by Crippen LogP contribution is -2.43. The van der Waals surface area contributed by atoms with E-state index in [1.165, 1.54) is 29.2 Å². The van der Waals surface area contributed by atoms with Crippen LogP contribution >= 0.6 is 0 Å². The lowest BCUT2D eigenvalue weighted by molar-refractivity contribution is 0.174. The monoisotopic (exact) mass is 476 g/mol. The summed E-state index contributed by atoms with van der Waals surface area (Å²) in [5.74, 6) is -0.0123. The van der Waals surface area contributed by atoms with E-state index in [2.05, 4.69) is 20.4 Å². The first-order valence-electron chi connectivity index (χ1n) is 11.0. The molecule has 0 spiro atoms. The molecule has 0 unspecified atom stereocenters. The third kappa shape index (κ3) is 4.30. The number of hydrogen-bond donors (Lipinski definition) is 1. The molecule has 8 nitrogen and oxygen atoms in total. The zero-order valence-corrected chi connectivity index (χ0v) is 19.0. The normalized spacial score (nSPS) is 18.4. The van der Waals surface area contributed by atoms with Crippen LogP contribution in [0.5, 0.6) is 0 Å². The molecule has 4 aromatic rings. The molecule has 3 heterocycles. The number of carbonyl (C=O) groups is 1. The van der Waals surface area contributed by atoms with Crippen molar-refractivity contribution in [2.75, 3.05) is 16.8 Å². The maximum Gasteiger partial charge on any atom is 0.416 e. The molecule has 35 heavy (non-hydrogen) atoms. The number of aromatic nitrogens is 4. The molecule has 178 valence electrons. The number of nitrogens with one attached hydrogen (secondary N) is 1. The van der Waals surface area contributed by atoms with Crippen molar-refractivity contribution in [3.8, 4) is 5.69 Å². The minimum atomic E-state index is -0.863. The molecule has 1 saturated heterocycles. The van der Waals surface area contributed by atoms with Crippen molar-refractivity contribution in [2.45, 2.75) is 25.4 Å². The second-order valence-corrected chi connectivity index (χ2v) is 8.47. The lowest BCUT2D eigenvalue weighted by atomic mass is 9.92. The predicted octanol–water partition coefficient (Wildman–Crippen LogP) is 4.99. The molecule has 2 aromatic carbocycles. The molecule has 1 fully saturated rings. The maximum absolute atomic E-state index is 13.5. The SMILES string of the molecule is C[C@@H](Nc1nccc(N2C(=O)OC[C@@]2(C)c2ccc(F)cc2)n1)c1cnn(-c2ccc(F)cc2)c1. The van der Waals surface area contributed by atoms with E-state index in [1.54, 1.807) is 47.4 Å². The van der Waals surface area contributed by atoms with Gasteiger partial charge < -0.3 is 10.1 Å². The van der Waals surface area contributed by atoms with Gasteiger partial charge in [0, 0.05) is 18.0 Å². The first kappa shape index (κ1) is 22.5. The fraction of sp³-hybridized carbons (Fsp3) is 0.200. The fourth-order valence-corrected chi connectivity index (χ4v) is 4.02. The number of hydrogen-bond acceptors (Lipinski definition) is 6. The molecule has 2 atom stereocenters. The largest absolute Gasteiger partial charge is 0.446 e. The molecule has 5 rings (SSSR count). The number of halogens is 2. The van der Waals surface area contributed by atoms with E-state index in [0.717, 1.165) is 16.8 Å². The van der Waals surface area contributed by atoms with Gasteiger partial charge in [-0.05, 0) is 61.9 Å². The van der Waals surface area contributed by atoms with Gasteiger partial charge in [-0.25, -0.2) is 28.1 Å². The summed E-state index contributed by atoms with van der Waals surface area (Å²) in [5, 5.41) is 7.57. The van der Waals surface area contributed by atoms with Gasteiger partial charge in [0.1, 0.15) is 29.6 Å².